The van der Waals surface area contributed by atoms with E-state index in [1.165, 1.54) is 0 Å². The Balaban J connectivity index is 3.71. The first-order chi connectivity index (χ1) is 11.3. The highest BCUT2D eigenvalue weighted by Crippen LogP contribution is 2.51. The molecule has 0 aromatic heterocycles. The molecular formula is C18H30O6. The Morgan fingerprint density at radius 2 is 0.875 bits per heavy atom. The van der Waals surface area contributed by atoms with Crippen molar-refractivity contribution in [2.45, 2.75) is 59.9 Å². The zero-order valence-electron chi connectivity index (χ0n) is 15.4. The first-order valence-electron chi connectivity index (χ1n) is 8.46. The van der Waals surface area contributed by atoms with Gasteiger partial charge in [0.1, 0.15) is 0 Å². The van der Waals surface area contributed by atoms with Gasteiger partial charge < -0.3 is 29.5 Å². The lowest BCUT2D eigenvalue weighted by molar-refractivity contribution is 0.0477. The third-order valence-electron chi connectivity index (χ3n) is 4.01. The lowest BCUT2D eigenvalue weighted by Gasteiger charge is -2.28. The normalized spacial score (nSPS) is 15.2. The molecule has 1 aromatic rings. The molecule has 0 fully saturated rings. The average Bonchev–Trinajstić information content (AvgIpc) is 2.52. The summed E-state index contributed by atoms with van der Waals surface area (Å²) in [6.45, 7) is 12.3. The Morgan fingerprint density at radius 1 is 0.583 bits per heavy atom. The van der Waals surface area contributed by atoms with Gasteiger partial charge in [-0.15, -0.1) is 0 Å². The van der Waals surface area contributed by atoms with Crippen LogP contribution in [0.15, 0.2) is 0 Å². The van der Waals surface area contributed by atoms with Gasteiger partial charge in [-0.25, -0.2) is 0 Å². The maximum absolute atomic E-state index is 10.4. The maximum Gasteiger partial charge on any atom is 0.201 e. The van der Waals surface area contributed by atoms with Crippen LogP contribution in [0.2, 0.25) is 0 Å². The van der Waals surface area contributed by atoms with E-state index in [1.54, 1.807) is 13.8 Å². The zero-order chi connectivity index (χ0) is 18.4. The molecule has 0 amide bonds. The molecule has 3 atom stereocenters. The molecule has 1 aromatic carbocycles. The van der Waals surface area contributed by atoms with Gasteiger partial charge in [-0.3, -0.25) is 0 Å². The van der Waals surface area contributed by atoms with Gasteiger partial charge in [-0.1, -0.05) is 0 Å². The molecule has 0 spiro atoms. The molecule has 0 saturated carbocycles. The molecule has 138 valence electrons. The minimum absolute atomic E-state index is 0.387. The van der Waals surface area contributed by atoms with Crippen LogP contribution in [0.1, 0.15) is 76.5 Å². The molecule has 0 aliphatic heterocycles. The van der Waals surface area contributed by atoms with Crippen LogP contribution in [-0.2, 0) is 14.2 Å². The lowest BCUT2D eigenvalue weighted by atomic mass is 9.89. The smallest absolute Gasteiger partial charge is 0.201 e. The van der Waals surface area contributed by atoms with Gasteiger partial charge in [-0.2, -0.15) is 0 Å². The van der Waals surface area contributed by atoms with Crippen molar-refractivity contribution in [1.82, 2.24) is 0 Å². The van der Waals surface area contributed by atoms with E-state index >= 15 is 0 Å². The van der Waals surface area contributed by atoms with Crippen molar-refractivity contribution in [3.63, 3.8) is 0 Å². The molecule has 0 radical (unpaired) electrons. The lowest BCUT2D eigenvalue weighted by Crippen LogP contribution is -2.15. The molecule has 3 N–H and O–H groups in total. The zero-order valence-corrected chi connectivity index (χ0v) is 15.4. The molecule has 0 saturated heterocycles. The van der Waals surface area contributed by atoms with E-state index in [1.807, 2.05) is 27.7 Å². The largest absolute Gasteiger partial charge is 0.504 e. The van der Waals surface area contributed by atoms with E-state index in [0.717, 1.165) is 0 Å². The number of phenolic OH excluding ortho intramolecular Hbond substituents is 3. The Bertz CT molecular complexity index is 504. The van der Waals surface area contributed by atoms with E-state index in [2.05, 4.69) is 0 Å². The number of hydrogen-bond acceptors (Lipinski definition) is 6. The number of hydrogen-bond donors (Lipinski definition) is 3. The predicted octanol–water partition coefficient (Wildman–Crippen LogP) is 4.10. The van der Waals surface area contributed by atoms with Crippen molar-refractivity contribution in [3.05, 3.63) is 16.7 Å². The third-order valence-corrected chi connectivity index (χ3v) is 4.01. The van der Waals surface area contributed by atoms with Crippen LogP contribution < -0.4 is 0 Å². The van der Waals surface area contributed by atoms with Crippen molar-refractivity contribution in [1.29, 1.82) is 0 Å². The SMILES string of the molecule is CCOC(C)c1c(O)c(O)c(O)c(C(C)OCC)c1C(C)OCC. The van der Waals surface area contributed by atoms with Crippen LogP contribution in [-0.4, -0.2) is 35.1 Å². The van der Waals surface area contributed by atoms with Gasteiger partial charge in [0.25, 0.3) is 0 Å². The van der Waals surface area contributed by atoms with E-state index < -0.39 is 24.1 Å². The van der Waals surface area contributed by atoms with Crippen molar-refractivity contribution >= 4 is 0 Å². The van der Waals surface area contributed by atoms with Gasteiger partial charge in [0.05, 0.1) is 18.3 Å². The number of phenols is 3. The molecule has 3 unspecified atom stereocenters. The topological polar surface area (TPSA) is 88.4 Å². The van der Waals surface area contributed by atoms with Crippen LogP contribution in [0.4, 0.5) is 0 Å². The predicted molar refractivity (Wildman–Crippen MR) is 91.6 cm³/mol. The van der Waals surface area contributed by atoms with Crippen LogP contribution in [0.5, 0.6) is 17.2 Å². The molecule has 1 rings (SSSR count). The monoisotopic (exact) mass is 342 g/mol. The molecule has 0 aliphatic carbocycles. The molecule has 6 heteroatoms. The molecule has 0 heterocycles. The molecule has 24 heavy (non-hydrogen) atoms. The van der Waals surface area contributed by atoms with Crippen molar-refractivity contribution in [3.8, 4) is 17.2 Å². The summed E-state index contributed by atoms with van der Waals surface area (Å²) in [4.78, 5) is 0. The fraction of sp³-hybridized carbons (Fsp3) is 0.667. The third kappa shape index (κ3) is 4.12. The van der Waals surface area contributed by atoms with E-state index in [9.17, 15) is 15.3 Å². The summed E-state index contributed by atoms with van der Waals surface area (Å²) < 4.78 is 16.9. The van der Waals surface area contributed by atoms with Crippen LogP contribution >= 0.6 is 0 Å². The molecule has 0 aliphatic rings. The van der Waals surface area contributed by atoms with Gasteiger partial charge in [0.2, 0.25) is 5.75 Å². The Kier molecular flexibility index (Phi) is 7.79. The second-order valence-electron chi connectivity index (χ2n) is 5.58. The summed E-state index contributed by atoms with van der Waals surface area (Å²) in [5.74, 6) is -1.34. The summed E-state index contributed by atoms with van der Waals surface area (Å²) in [7, 11) is 0. The fourth-order valence-electron chi connectivity index (χ4n) is 3.03. The maximum atomic E-state index is 10.4. The summed E-state index contributed by atoms with van der Waals surface area (Å²) >= 11 is 0. The quantitative estimate of drug-likeness (QED) is 0.586. The van der Waals surface area contributed by atoms with Gasteiger partial charge in [0, 0.05) is 30.9 Å². The van der Waals surface area contributed by atoms with Crippen LogP contribution in [0.25, 0.3) is 0 Å². The minimum Gasteiger partial charge on any atom is -0.504 e. The number of aromatic hydroxyl groups is 3. The van der Waals surface area contributed by atoms with Crippen molar-refractivity contribution in [2.75, 3.05) is 19.8 Å². The van der Waals surface area contributed by atoms with Crippen LogP contribution in [0, 0.1) is 0 Å². The number of rotatable bonds is 9. The highest BCUT2D eigenvalue weighted by molar-refractivity contribution is 5.63. The van der Waals surface area contributed by atoms with E-state index in [0.29, 0.717) is 36.5 Å². The Morgan fingerprint density at radius 3 is 1.17 bits per heavy atom. The van der Waals surface area contributed by atoms with Gasteiger partial charge in [-0.05, 0) is 47.1 Å². The minimum atomic E-state index is -0.564. The highest BCUT2D eigenvalue weighted by atomic mass is 16.5. The van der Waals surface area contributed by atoms with E-state index in [-0.39, 0.29) is 11.5 Å². The standard InChI is InChI=1S/C18H30O6/c1-7-22-10(4)13-14(11(5)23-8-2)16(19)18(21)17(20)15(13)12(6)24-9-3/h10-12,19-21H,7-9H2,1-6H3. The summed E-state index contributed by atoms with van der Waals surface area (Å²) in [5.41, 5.74) is 1.41. The van der Waals surface area contributed by atoms with Gasteiger partial charge in [0.15, 0.2) is 11.5 Å². The fourth-order valence-corrected chi connectivity index (χ4v) is 3.03. The summed E-state index contributed by atoms with van der Waals surface area (Å²) in [5, 5.41) is 31.0. The van der Waals surface area contributed by atoms with Gasteiger partial charge >= 0.3 is 0 Å². The first-order valence-corrected chi connectivity index (χ1v) is 8.46. The number of benzene rings is 1. The first kappa shape index (κ1) is 20.5. The van der Waals surface area contributed by atoms with Crippen LogP contribution in [0.3, 0.4) is 0 Å². The molecular weight excluding hydrogens is 312 g/mol. The Labute approximate surface area is 144 Å². The molecule has 6 nitrogen and oxygen atoms in total. The second kappa shape index (κ2) is 9.11. The van der Waals surface area contributed by atoms with Crippen molar-refractivity contribution < 1.29 is 29.5 Å². The highest BCUT2D eigenvalue weighted by Gasteiger charge is 2.32. The molecule has 0 bridgehead atoms. The van der Waals surface area contributed by atoms with E-state index in [4.69, 9.17) is 14.2 Å². The summed E-state index contributed by atoms with van der Waals surface area (Å²) in [6.07, 6.45) is -1.37. The Hall–Kier alpha value is -1.50. The van der Waals surface area contributed by atoms with Crippen molar-refractivity contribution in [2.24, 2.45) is 0 Å². The average molecular weight is 342 g/mol. The second-order valence-corrected chi connectivity index (χ2v) is 5.58. The number of ether oxygens (including phenoxy) is 3. The summed E-state index contributed by atoms with van der Waals surface area (Å²) in [6, 6.07) is 0.